The number of fused-ring (bicyclic) bond motifs is 1. The number of nitrogens with one attached hydrogen (secondary N) is 1. The Morgan fingerprint density at radius 2 is 1.73 bits per heavy atom. The number of amides is 1. The van der Waals surface area contributed by atoms with Crippen molar-refractivity contribution in [3.05, 3.63) is 58.0 Å². The molecule has 0 spiro atoms. The van der Waals surface area contributed by atoms with Gasteiger partial charge in [-0.15, -0.1) is 0 Å². The van der Waals surface area contributed by atoms with Gasteiger partial charge in [-0.05, 0) is 25.1 Å². The van der Waals surface area contributed by atoms with Crippen molar-refractivity contribution in [2.45, 2.75) is 13.5 Å². The van der Waals surface area contributed by atoms with Crippen LogP contribution in [0.15, 0.2) is 46.3 Å². The first-order valence-electron chi connectivity index (χ1n) is 9.17. The molecule has 9 heteroatoms. The maximum Gasteiger partial charge on any atom is 0.292 e. The van der Waals surface area contributed by atoms with E-state index in [2.05, 4.69) is 15.6 Å². The second-order valence-electron chi connectivity index (χ2n) is 6.17. The van der Waals surface area contributed by atoms with Crippen molar-refractivity contribution in [2.24, 2.45) is 5.10 Å². The molecule has 0 saturated carbocycles. The SMILES string of the molecule is CCn1nc(C(=O)N/N=C/c2cc(OC)c(OC)c(OC)c2)c2ccccc2c1=O. The van der Waals surface area contributed by atoms with Crippen molar-refractivity contribution in [2.75, 3.05) is 21.3 Å². The van der Waals surface area contributed by atoms with Crippen LogP contribution in [0.1, 0.15) is 23.0 Å². The van der Waals surface area contributed by atoms with Gasteiger partial charge in [0.1, 0.15) is 0 Å². The van der Waals surface area contributed by atoms with Crippen LogP contribution in [0.2, 0.25) is 0 Å². The highest BCUT2D eigenvalue weighted by Gasteiger charge is 2.16. The van der Waals surface area contributed by atoms with Crippen molar-refractivity contribution < 1.29 is 19.0 Å². The fourth-order valence-corrected chi connectivity index (χ4v) is 3.01. The third-order valence-electron chi connectivity index (χ3n) is 4.45. The van der Waals surface area contributed by atoms with E-state index in [0.29, 0.717) is 40.1 Å². The zero-order valence-corrected chi connectivity index (χ0v) is 17.1. The minimum Gasteiger partial charge on any atom is -0.493 e. The van der Waals surface area contributed by atoms with E-state index in [1.165, 1.54) is 32.2 Å². The smallest absolute Gasteiger partial charge is 0.292 e. The second-order valence-corrected chi connectivity index (χ2v) is 6.17. The van der Waals surface area contributed by atoms with Gasteiger partial charge in [0, 0.05) is 17.5 Å². The minimum absolute atomic E-state index is 0.120. The van der Waals surface area contributed by atoms with Gasteiger partial charge in [-0.25, -0.2) is 10.1 Å². The van der Waals surface area contributed by atoms with Crippen molar-refractivity contribution in [3.8, 4) is 17.2 Å². The van der Waals surface area contributed by atoms with Crippen LogP contribution in [0.5, 0.6) is 17.2 Å². The molecule has 2 aromatic carbocycles. The van der Waals surface area contributed by atoms with Crippen LogP contribution in [0.3, 0.4) is 0 Å². The lowest BCUT2D eigenvalue weighted by molar-refractivity contribution is 0.0949. The molecule has 1 amide bonds. The van der Waals surface area contributed by atoms with E-state index >= 15 is 0 Å². The van der Waals surface area contributed by atoms with Gasteiger partial charge < -0.3 is 14.2 Å². The molecule has 1 aromatic heterocycles. The molecule has 0 saturated heterocycles. The van der Waals surface area contributed by atoms with E-state index in [1.807, 2.05) is 0 Å². The number of nitrogens with zero attached hydrogens (tertiary/aromatic N) is 3. The van der Waals surface area contributed by atoms with E-state index < -0.39 is 5.91 Å². The maximum atomic E-state index is 12.7. The second kappa shape index (κ2) is 9.08. The summed E-state index contributed by atoms with van der Waals surface area (Å²) in [5.41, 5.74) is 2.95. The fourth-order valence-electron chi connectivity index (χ4n) is 3.01. The van der Waals surface area contributed by atoms with Gasteiger partial charge >= 0.3 is 0 Å². The summed E-state index contributed by atoms with van der Waals surface area (Å²) in [5.74, 6) is 0.857. The van der Waals surface area contributed by atoms with E-state index in [4.69, 9.17) is 14.2 Å². The summed E-state index contributed by atoms with van der Waals surface area (Å²) in [7, 11) is 4.54. The van der Waals surface area contributed by atoms with Gasteiger partial charge in [-0.3, -0.25) is 9.59 Å². The average Bonchev–Trinajstić information content (AvgIpc) is 2.78. The molecule has 156 valence electrons. The highest BCUT2D eigenvalue weighted by Crippen LogP contribution is 2.37. The molecule has 3 rings (SSSR count). The highest BCUT2D eigenvalue weighted by atomic mass is 16.5. The summed E-state index contributed by atoms with van der Waals surface area (Å²) in [5, 5.41) is 9.08. The number of carbonyl (C=O) groups is 1. The highest BCUT2D eigenvalue weighted by molar-refractivity contribution is 6.05. The Kier molecular flexibility index (Phi) is 6.31. The zero-order valence-electron chi connectivity index (χ0n) is 17.1. The van der Waals surface area contributed by atoms with Crippen LogP contribution in [-0.2, 0) is 6.54 Å². The Hall–Kier alpha value is -3.88. The van der Waals surface area contributed by atoms with E-state index in [-0.39, 0.29) is 11.3 Å². The molecule has 1 heterocycles. The summed E-state index contributed by atoms with van der Waals surface area (Å²) in [4.78, 5) is 25.1. The topological polar surface area (TPSA) is 104 Å². The Balaban J connectivity index is 1.90. The Morgan fingerprint density at radius 3 is 2.30 bits per heavy atom. The van der Waals surface area contributed by atoms with Crippen LogP contribution in [0.4, 0.5) is 0 Å². The van der Waals surface area contributed by atoms with Gasteiger partial charge in [-0.2, -0.15) is 10.2 Å². The summed E-state index contributed by atoms with van der Waals surface area (Å²) in [6.45, 7) is 2.13. The molecule has 0 radical (unpaired) electrons. The molecular formula is C21H22N4O5. The zero-order chi connectivity index (χ0) is 21.7. The number of hydrazone groups is 1. The molecule has 0 fully saturated rings. The number of hydrogen-bond donors (Lipinski definition) is 1. The summed E-state index contributed by atoms with van der Waals surface area (Å²) >= 11 is 0. The first-order valence-corrected chi connectivity index (χ1v) is 9.17. The number of ether oxygens (including phenoxy) is 3. The van der Waals surface area contributed by atoms with Crippen molar-refractivity contribution in [1.82, 2.24) is 15.2 Å². The molecule has 0 unspecified atom stereocenters. The van der Waals surface area contributed by atoms with Gasteiger partial charge in [0.2, 0.25) is 5.75 Å². The summed E-state index contributed by atoms with van der Waals surface area (Å²) in [6, 6.07) is 10.2. The predicted molar refractivity (Wildman–Crippen MR) is 113 cm³/mol. The van der Waals surface area contributed by atoms with Crippen LogP contribution >= 0.6 is 0 Å². The van der Waals surface area contributed by atoms with Crippen LogP contribution < -0.4 is 25.2 Å². The van der Waals surface area contributed by atoms with Gasteiger partial charge in [0.25, 0.3) is 11.5 Å². The fraction of sp³-hybridized carbons (Fsp3) is 0.238. The summed E-state index contributed by atoms with van der Waals surface area (Å²) < 4.78 is 17.1. The Labute approximate surface area is 172 Å². The lowest BCUT2D eigenvalue weighted by atomic mass is 10.1. The molecule has 0 aliphatic rings. The number of carbonyl (C=O) groups excluding carboxylic acids is 1. The van der Waals surface area contributed by atoms with Crippen LogP contribution in [0.25, 0.3) is 10.8 Å². The quantitative estimate of drug-likeness (QED) is 0.473. The maximum absolute atomic E-state index is 12.7. The predicted octanol–water partition coefficient (Wildman–Crippen LogP) is 2.21. The third kappa shape index (κ3) is 3.95. The molecule has 30 heavy (non-hydrogen) atoms. The van der Waals surface area contributed by atoms with Crippen molar-refractivity contribution in [1.29, 1.82) is 0 Å². The molecule has 1 N–H and O–H groups in total. The van der Waals surface area contributed by atoms with E-state index in [9.17, 15) is 9.59 Å². The molecule has 9 nitrogen and oxygen atoms in total. The molecule has 0 bridgehead atoms. The molecule has 0 aliphatic carbocycles. The van der Waals surface area contributed by atoms with Gasteiger partial charge in [-0.1, -0.05) is 18.2 Å². The number of benzene rings is 2. The first kappa shape index (κ1) is 20.8. The largest absolute Gasteiger partial charge is 0.493 e. The van der Waals surface area contributed by atoms with Crippen LogP contribution in [-0.4, -0.2) is 43.2 Å². The Morgan fingerprint density at radius 1 is 1.10 bits per heavy atom. The van der Waals surface area contributed by atoms with E-state index in [0.717, 1.165) is 0 Å². The Bertz CT molecular complexity index is 1140. The van der Waals surface area contributed by atoms with Gasteiger partial charge in [0.05, 0.1) is 32.9 Å². The van der Waals surface area contributed by atoms with Gasteiger partial charge in [0.15, 0.2) is 17.2 Å². The minimum atomic E-state index is -0.530. The molecule has 0 aliphatic heterocycles. The van der Waals surface area contributed by atoms with E-state index in [1.54, 1.807) is 43.3 Å². The first-order chi connectivity index (χ1) is 14.5. The summed E-state index contributed by atoms with van der Waals surface area (Å²) in [6.07, 6.45) is 1.44. The number of aromatic nitrogens is 2. The number of rotatable bonds is 7. The monoisotopic (exact) mass is 410 g/mol. The number of aryl methyl sites for hydroxylation is 1. The normalized spacial score (nSPS) is 10.9. The number of methoxy groups -OCH3 is 3. The average molecular weight is 410 g/mol. The third-order valence-corrected chi connectivity index (χ3v) is 4.45. The molecule has 3 aromatic rings. The molecule has 0 atom stereocenters. The van der Waals surface area contributed by atoms with Crippen molar-refractivity contribution >= 4 is 22.9 Å². The molecular weight excluding hydrogens is 388 g/mol. The van der Waals surface area contributed by atoms with Crippen molar-refractivity contribution in [3.63, 3.8) is 0 Å². The van der Waals surface area contributed by atoms with Crippen LogP contribution in [0, 0.1) is 0 Å². The standard InChI is InChI=1S/C21H22N4O5/c1-5-25-21(27)15-9-7-6-8-14(15)18(24-25)20(26)23-22-12-13-10-16(28-2)19(30-4)17(11-13)29-3/h6-12H,5H2,1-4H3,(H,23,26)/b22-12+. The lowest BCUT2D eigenvalue weighted by Crippen LogP contribution is -2.28. The lowest BCUT2D eigenvalue weighted by Gasteiger charge is -2.12. The number of hydrogen-bond acceptors (Lipinski definition) is 7.